The van der Waals surface area contributed by atoms with Crippen molar-refractivity contribution in [3.8, 4) is 0 Å². The van der Waals surface area contributed by atoms with Crippen LogP contribution in [0.15, 0.2) is 4.52 Å². The van der Waals surface area contributed by atoms with Crippen LogP contribution in [0.5, 0.6) is 0 Å². The Balaban J connectivity index is 1.62. The number of nitrogens with two attached hydrogens (primary N) is 1. The molecule has 2 N–H and O–H groups in total. The van der Waals surface area contributed by atoms with Crippen molar-refractivity contribution < 1.29 is 9.32 Å². The second-order valence-corrected chi connectivity index (χ2v) is 6.87. The number of hydrogen-bond donors (Lipinski definition) is 1. The molecule has 1 aliphatic heterocycles. The normalized spacial score (nSPS) is 22.4. The van der Waals surface area contributed by atoms with Crippen LogP contribution in [-0.4, -0.2) is 29.1 Å². The Labute approximate surface area is 125 Å². The molecule has 0 bridgehead atoms. The predicted molar refractivity (Wildman–Crippen MR) is 79.5 cm³/mol. The first kappa shape index (κ1) is 14.6. The average molecular weight is 291 g/mol. The van der Waals surface area contributed by atoms with Crippen LogP contribution >= 0.6 is 0 Å². The minimum atomic E-state index is -0.254. The molecular weight excluding hydrogens is 266 g/mol. The summed E-state index contributed by atoms with van der Waals surface area (Å²) in [5.74, 6) is 1.55. The lowest BCUT2D eigenvalue weighted by molar-refractivity contribution is -0.131. The molecule has 5 nitrogen and oxygen atoms in total. The van der Waals surface area contributed by atoms with Gasteiger partial charge in [0.2, 0.25) is 5.91 Å². The molecule has 2 aliphatic rings. The van der Waals surface area contributed by atoms with Crippen molar-refractivity contribution in [3.63, 3.8) is 0 Å². The molecule has 5 heteroatoms. The van der Waals surface area contributed by atoms with Crippen molar-refractivity contribution in [1.82, 2.24) is 10.1 Å². The summed E-state index contributed by atoms with van der Waals surface area (Å²) in [5.41, 5.74) is 7.63. The standard InChI is InChI=1S/C16H25N3O2/c1-11-14(12(2)21-18-11)10-19-7-5-16(6-8-19,15(17)20)9-13-3-4-13/h13H,3-10H2,1-2H3,(H2,17,20). The molecule has 0 atom stereocenters. The number of amides is 1. The van der Waals surface area contributed by atoms with Crippen LogP contribution in [0.2, 0.25) is 0 Å². The zero-order valence-corrected chi connectivity index (χ0v) is 13.0. The number of hydrogen-bond acceptors (Lipinski definition) is 4. The Bertz CT molecular complexity index is 506. The largest absolute Gasteiger partial charge is 0.369 e. The monoisotopic (exact) mass is 291 g/mol. The molecule has 1 saturated heterocycles. The Kier molecular flexibility index (Phi) is 3.78. The van der Waals surface area contributed by atoms with E-state index in [1.807, 2.05) is 13.8 Å². The molecule has 116 valence electrons. The maximum Gasteiger partial charge on any atom is 0.223 e. The molecule has 0 radical (unpaired) electrons. The summed E-state index contributed by atoms with van der Waals surface area (Å²) in [5, 5.41) is 4.01. The lowest BCUT2D eigenvalue weighted by Gasteiger charge is -2.40. The Morgan fingerprint density at radius 1 is 1.38 bits per heavy atom. The molecule has 0 spiro atoms. The van der Waals surface area contributed by atoms with Crippen molar-refractivity contribution in [2.24, 2.45) is 17.1 Å². The van der Waals surface area contributed by atoms with Crippen molar-refractivity contribution in [3.05, 3.63) is 17.0 Å². The molecule has 0 unspecified atom stereocenters. The molecule has 1 amide bonds. The van der Waals surface area contributed by atoms with Crippen LogP contribution in [-0.2, 0) is 11.3 Å². The molecule has 1 aliphatic carbocycles. The summed E-state index contributed by atoms with van der Waals surface area (Å²) in [4.78, 5) is 14.3. The number of nitrogens with zero attached hydrogens (tertiary/aromatic N) is 2. The van der Waals surface area contributed by atoms with E-state index in [4.69, 9.17) is 10.3 Å². The zero-order valence-electron chi connectivity index (χ0n) is 13.0. The second-order valence-electron chi connectivity index (χ2n) is 6.87. The number of aromatic nitrogens is 1. The highest BCUT2D eigenvalue weighted by Gasteiger charge is 2.43. The van der Waals surface area contributed by atoms with Gasteiger partial charge < -0.3 is 10.3 Å². The molecule has 21 heavy (non-hydrogen) atoms. The average Bonchev–Trinajstić information content (AvgIpc) is 3.21. The van der Waals surface area contributed by atoms with Gasteiger partial charge in [0, 0.05) is 12.1 Å². The van der Waals surface area contributed by atoms with Gasteiger partial charge >= 0.3 is 0 Å². The summed E-state index contributed by atoms with van der Waals surface area (Å²) in [6.07, 6.45) is 5.33. The smallest absolute Gasteiger partial charge is 0.223 e. The number of carbonyl (C=O) groups is 1. The van der Waals surface area contributed by atoms with E-state index < -0.39 is 0 Å². The van der Waals surface area contributed by atoms with E-state index in [1.165, 1.54) is 18.4 Å². The highest BCUT2D eigenvalue weighted by Crippen LogP contribution is 2.45. The van der Waals surface area contributed by atoms with E-state index in [-0.39, 0.29) is 11.3 Å². The predicted octanol–water partition coefficient (Wildman–Crippen LogP) is 2.16. The third-order valence-electron chi connectivity index (χ3n) is 5.28. The van der Waals surface area contributed by atoms with Gasteiger partial charge in [0.05, 0.1) is 11.1 Å². The third-order valence-corrected chi connectivity index (χ3v) is 5.28. The first-order valence-corrected chi connectivity index (χ1v) is 7.94. The van der Waals surface area contributed by atoms with Gasteiger partial charge in [-0.1, -0.05) is 18.0 Å². The number of carbonyl (C=O) groups excluding carboxylic acids is 1. The fourth-order valence-electron chi connectivity index (χ4n) is 3.52. The quantitative estimate of drug-likeness (QED) is 0.902. The Morgan fingerprint density at radius 2 is 2.05 bits per heavy atom. The van der Waals surface area contributed by atoms with E-state index in [1.54, 1.807) is 0 Å². The Hall–Kier alpha value is -1.36. The minimum Gasteiger partial charge on any atom is -0.369 e. The summed E-state index contributed by atoms with van der Waals surface area (Å²) in [7, 11) is 0. The molecule has 2 fully saturated rings. The van der Waals surface area contributed by atoms with Crippen LogP contribution in [0, 0.1) is 25.2 Å². The topological polar surface area (TPSA) is 72.4 Å². The van der Waals surface area contributed by atoms with Crippen molar-refractivity contribution in [2.75, 3.05) is 13.1 Å². The van der Waals surface area contributed by atoms with Gasteiger partial charge in [-0.25, -0.2) is 0 Å². The molecule has 1 saturated carbocycles. The first-order chi connectivity index (χ1) is 10.00. The highest BCUT2D eigenvalue weighted by molar-refractivity contribution is 5.81. The molecule has 1 aromatic heterocycles. The third kappa shape index (κ3) is 2.98. The lowest BCUT2D eigenvalue weighted by Crippen LogP contribution is -2.47. The summed E-state index contributed by atoms with van der Waals surface area (Å²) in [6, 6.07) is 0. The van der Waals surface area contributed by atoms with Crippen LogP contribution in [0.25, 0.3) is 0 Å². The second kappa shape index (κ2) is 5.44. The van der Waals surface area contributed by atoms with E-state index in [0.717, 1.165) is 56.3 Å². The van der Waals surface area contributed by atoms with Gasteiger partial charge in [0.15, 0.2) is 0 Å². The van der Waals surface area contributed by atoms with Crippen molar-refractivity contribution in [1.29, 1.82) is 0 Å². The molecule has 0 aromatic carbocycles. The maximum absolute atomic E-state index is 12.0. The fraction of sp³-hybridized carbons (Fsp3) is 0.750. The number of rotatable bonds is 5. The fourth-order valence-corrected chi connectivity index (χ4v) is 3.52. The number of piperidine rings is 1. The lowest BCUT2D eigenvalue weighted by atomic mass is 9.73. The van der Waals surface area contributed by atoms with Gasteiger partial charge in [-0.15, -0.1) is 0 Å². The number of likely N-dealkylation sites (tertiary alicyclic amines) is 1. The SMILES string of the molecule is Cc1noc(C)c1CN1CCC(CC2CC2)(C(N)=O)CC1. The molecule has 2 heterocycles. The van der Waals surface area contributed by atoms with Gasteiger partial charge in [-0.3, -0.25) is 9.69 Å². The van der Waals surface area contributed by atoms with Gasteiger partial charge in [0.1, 0.15) is 5.76 Å². The van der Waals surface area contributed by atoms with E-state index in [0.29, 0.717) is 0 Å². The van der Waals surface area contributed by atoms with Crippen LogP contribution in [0.4, 0.5) is 0 Å². The van der Waals surface area contributed by atoms with E-state index >= 15 is 0 Å². The molecule has 3 rings (SSSR count). The van der Waals surface area contributed by atoms with Gasteiger partial charge in [-0.05, 0) is 52.1 Å². The highest BCUT2D eigenvalue weighted by atomic mass is 16.5. The summed E-state index contributed by atoms with van der Waals surface area (Å²) < 4.78 is 5.23. The summed E-state index contributed by atoms with van der Waals surface area (Å²) >= 11 is 0. The zero-order chi connectivity index (χ0) is 15.0. The number of primary amides is 1. The van der Waals surface area contributed by atoms with E-state index in [2.05, 4.69) is 10.1 Å². The van der Waals surface area contributed by atoms with Gasteiger partial charge in [0.25, 0.3) is 0 Å². The van der Waals surface area contributed by atoms with Crippen molar-refractivity contribution >= 4 is 5.91 Å². The van der Waals surface area contributed by atoms with Crippen molar-refractivity contribution in [2.45, 2.75) is 52.5 Å². The minimum absolute atomic E-state index is 0.0913. The molecular formula is C16H25N3O2. The van der Waals surface area contributed by atoms with Crippen LogP contribution < -0.4 is 5.73 Å². The number of aryl methyl sites for hydroxylation is 2. The maximum atomic E-state index is 12.0. The Morgan fingerprint density at radius 3 is 2.52 bits per heavy atom. The van der Waals surface area contributed by atoms with Crippen LogP contribution in [0.1, 0.15) is 49.1 Å². The van der Waals surface area contributed by atoms with Gasteiger partial charge in [-0.2, -0.15) is 0 Å². The van der Waals surface area contributed by atoms with Crippen LogP contribution in [0.3, 0.4) is 0 Å². The van der Waals surface area contributed by atoms with E-state index in [9.17, 15) is 4.79 Å². The first-order valence-electron chi connectivity index (χ1n) is 7.94. The summed E-state index contributed by atoms with van der Waals surface area (Å²) in [6.45, 7) is 6.66. The molecule has 1 aromatic rings.